The molecule has 2 aliphatic carbocycles. The molecule has 0 aromatic carbocycles. The maximum atomic E-state index is 2.71. The summed E-state index contributed by atoms with van der Waals surface area (Å²) >= 11 is -3.05. The van der Waals surface area contributed by atoms with Gasteiger partial charge in [0.1, 0.15) is 0 Å². The van der Waals surface area contributed by atoms with Crippen molar-refractivity contribution in [2.45, 2.75) is 76.5 Å². The molecule has 0 aliphatic heterocycles. The molecule has 0 spiro atoms. The predicted octanol–water partition coefficient (Wildman–Crippen LogP) is 7.46. The molecule has 2 aliphatic rings. The molecule has 150 valence electrons. The van der Waals surface area contributed by atoms with Crippen LogP contribution in [0.2, 0.25) is 9.26 Å². The smallest absolute Gasteiger partial charge is 0.147 e. The van der Waals surface area contributed by atoms with Gasteiger partial charge in [0.2, 0.25) is 0 Å². The minimum absolute atomic E-state index is 0. The van der Waals surface area contributed by atoms with Gasteiger partial charge in [-0.3, -0.25) is 0 Å². The molecule has 0 nitrogen and oxygen atoms in total. The van der Waals surface area contributed by atoms with Crippen LogP contribution in [0.1, 0.15) is 67.2 Å². The monoisotopic (exact) mass is 492 g/mol. The second-order valence-electron chi connectivity index (χ2n) is 9.50. The molecular formula is C22H40Cl2SiZr. The van der Waals surface area contributed by atoms with Gasteiger partial charge in [-0.05, 0) is 0 Å². The summed E-state index contributed by atoms with van der Waals surface area (Å²) in [7, 11) is 0. The minimum atomic E-state index is -3.05. The number of rotatable bonds is 6. The Morgan fingerprint density at radius 1 is 0.808 bits per heavy atom. The topological polar surface area (TPSA) is 0 Å². The zero-order chi connectivity index (χ0) is 18.3. The number of allylic oxidation sites excluding steroid dienone is 8. The number of hydrogen-bond acceptors (Lipinski definition) is 0. The Balaban J connectivity index is 0.00000312. The van der Waals surface area contributed by atoms with E-state index in [0.29, 0.717) is 11.8 Å². The van der Waals surface area contributed by atoms with Gasteiger partial charge < -0.3 is 0 Å². The van der Waals surface area contributed by atoms with Crippen LogP contribution in [-0.2, 0) is 17.4 Å². The van der Waals surface area contributed by atoms with Crippen molar-refractivity contribution < 1.29 is 17.4 Å². The molecular weight excluding hydrogens is 454 g/mol. The quantitative estimate of drug-likeness (QED) is 0.336. The van der Waals surface area contributed by atoms with E-state index in [1.54, 1.807) is 22.3 Å². The Kier molecular flexibility index (Phi) is 9.66. The molecule has 0 saturated heterocycles. The van der Waals surface area contributed by atoms with Gasteiger partial charge in [-0.1, -0.05) is 0 Å². The third-order valence-electron chi connectivity index (χ3n) is 6.44. The molecule has 0 bridgehead atoms. The van der Waals surface area contributed by atoms with Crippen molar-refractivity contribution in [2.75, 3.05) is 0 Å². The molecule has 0 aromatic rings. The van der Waals surface area contributed by atoms with E-state index in [1.807, 2.05) is 6.56 Å². The van der Waals surface area contributed by atoms with Crippen molar-refractivity contribution in [3.63, 3.8) is 0 Å². The summed E-state index contributed by atoms with van der Waals surface area (Å²) in [6, 6.07) is 0. The molecule has 0 saturated carbocycles. The molecule has 0 fully saturated rings. The second-order valence-corrected chi connectivity index (χ2v) is 38.2. The Labute approximate surface area is 177 Å². The Morgan fingerprint density at radius 3 is 1.35 bits per heavy atom. The first-order chi connectivity index (χ1) is 11.0. The maximum Gasteiger partial charge on any atom is -0.147 e. The van der Waals surface area contributed by atoms with Crippen LogP contribution in [0, 0.1) is 11.8 Å². The molecule has 0 N–H and O–H groups in total. The van der Waals surface area contributed by atoms with E-state index in [2.05, 4.69) is 69.8 Å². The molecule has 2 rings (SSSR count). The average molecular weight is 495 g/mol. The summed E-state index contributed by atoms with van der Waals surface area (Å²) in [6.07, 6.45) is 10.1. The van der Waals surface area contributed by atoms with E-state index < -0.39 is 17.4 Å². The van der Waals surface area contributed by atoms with Crippen molar-refractivity contribution in [1.29, 1.82) is 0 Å². The minimum Gasteiger partial charge on any atom is -0.147 e. The molecule has 0 amide bonds. The van der Waals surface area contributed by atoms with Gasteiger partial charge in [0.25, 0.3) is 0 Å². The summed E-state index contributed by atoms with van der Waals surface area (Å²) in [6.45, 7) is 16.6. The standard InChI is InChI=1S/2C10H15.2CH3.2ClH.H2Si.Zr/c2*1-4-9-5-6-10(7-9)8(2)3;;;;;;/h2*7-8H,4,6H2,1-3H3;2*1H3;2*1H;1H2;. The van der Waals surface area contributed by atoms with Crippen molar-refractivity contribution in [3.8, 4) is 0 Å². The van der Waals surface area contributed by atoms with E-state index in [0.717, 1.165) is 0 Å². The zero-order valence-corrected chi connectivity index (χ0v) is 23.7. The zero-order valence-electron chi connectivity index (χ0n) is 18.2. The van der Waals surface area contributed by atoms with Gasteiger partial charge in [-0.25, -0.2) is 0 Å². The van der Waals surface area contributed by atoms with Gasteiger partial charge in [-0.2, -0.15) is 0 Å². The Bertz CT molecular complexity index is 671. The predicted molar refractivity (Wildman–Crippen MR) is 124 cm³/mol. The molecule has 26 heavy (non-hydrogen) atoms. The van der Waals surface area contributed by atoms with Gasteiger partial charge in [0.05, 0.1) is 0 Å². The maximum absolute atomic E-state index is 3.05. The van der Waals surface area contributed by atoms with Crippen LogP contribution in [0.5, 0.6) is 0 Å². The molecule has 0 heterocycles. The van der Waals surface area contributed by atoms with Crippen LogP contribution in [0.15, 0.2) is 41.0 Å². The van der Waals surface area contributed by atoms with E-state index in [-0.39, 0.29) is 24.8 Å². The molecule has 0 atom stereocenters. The van der Waals surface area contributed by atoms with E-state index in [9.17, 15) is 0 Å². The second kappa shape index (κ2) is 9.43. The fourth-order valence-corrected chi connectivity index (χ4v) is 19.6. The van der Waals surface area contributed by atoms with Crippen LogP contribution < -0.4 is 0 Å². The Hall–Kier alpha value is 0.640. The van der Waals surface area contributed by atoms with Crippen molar-refractivity contribution >= 4 is 31.7 Å². The van der Waals surface area contributed by atoms with E-state index in [1.165, 1.54) is 25.7 Å². The van der Waals surface area contributed by atoms with Crippen LogP contribution in [0.4, 0.5) is 0 Å². The first kappa shape index (κ1) is 26.6. The van der Waals surface area contributed by atoms with Crippen molar-refractivity contribution in [2.24, 2.45) is 11.8 Å². The number of hydrogen-bond donors (Lipinski definition) is 0. The van der Waals surface area contributed by atoms with E-state index in [4.69, 9.17) is 0 Å². The third kappa shape index (κ3) is 4.97. The first-order valence-electron chi connectivity index (χ1n) is 9.93. The van der Waals surface area contributed by atoms with Crippen LogP contribution >= 0.6 is 24.8 Å². The van der Waals surface area contributed by atoms with Crippen molar-refractivity contribution in [1.82, 2.24) is 0 Å². The average Bonchev–Trinajstić information content (AvgIpc) is 3.11. The normalized spacial score (nSPS) is 18.3. The SMILES string of the molecule is CCC1=[C]([Zr]([CH3])([CH3])(=[SiH2])[C]2=C(CC)C=C(C(C)C)C2)CC(C(C)C)=C1.Cl.Cl. The van der Waals surface area contributed by atoms with E-state index >= 15 is 0 Å². The first-order valence-corrected chi connectivity index (χ1v) is 23.2. The van der Waals surface area contributed by atoms with Gasteiger partial charge in [-0.15, -0.1) is 24.8 Å². The van der Waals surface area contributed by atoms with Gasteiger partial charge in [0.15, 0.2) is 0 Å². The molecule has 0 aromatic heterocycles. The van der Waals surface area contributed by atoms with Crippen LogP contribution in [-0.4, -0.2) is 6.88 Å². The summed E-state index contributed by atoms with van der Waals surface area (Å²) in [5, 5.41) is 0. The number of halogens is 2. The fraction of sp³-hybridized carbons (Fsp3) is 0.636. The largest absolute Gasteiger partial charge is 0.147 e. The fourth-order valence-electron chi connectivity index (χ4n) is 4.51. The van der Waals surface area contributed by atoms with Crippen LogP contribution in [0.25, 0.3) is 0 Å². The molecule has 4 heteroatoms. The molecule has 0 radical (unpaired) electrons. The third-order valence-corrected chi connectivity index (χ3v) is 23.5. The summed E-state index contributed by atoms with van der Waals surface area (Å²) in [5.74, 6) is 1.37. The summed E-state index contributed by atoms with van der Waals surface area (Å²) in [4.78, 5) is 0. The molecule has 0 unspecified atom stereocenters. The Morgan fingerprint density at radius 2 is 1.12 bits per heavy atom. The summed E-state index contributed by atoms with van der Waals surface area (Å²) in [5.41, 5.74) is 6.72. The van der Waals surface area contributed by atoms with Crippen molar-refractivity contribution in [3.05, 3.63) is 41.0 Å². The van der Waals surface area contributed by atoms with Crippen LogP contribution in [0.3, 0.4) is 0 Å². The van der Waals surface area contributed by atoms with Gasteiger partial charge >= 0.3 is 154 Å². The summed E-state index contributed by atoms with van der Waals surface area (Å²) < 4.78 is 9.20. The van der Waals surface area contributed by atoms with Gasteiger partial charge in [0, 0.05) is 0 Å².